The summed E-state index contributed by atoms with van der Waals surface area (Å²) in [6.07, 6.45) is 5.46. The van der Waals surface area contributed by atoms with E-state index in [2.05, 4.69) is 13.8 Å². The second-order valence-electron chi connectivity index (χ2n) is 5.87. The summed E-state index contributed by atoms with van der Waals surface area (Å²) in [6, 6.07) is 0. The van der Waals surface area contributed by atoms with E-state index in [4.69, 9.17) is 10.5 Å². The monoisotopic (exact) mass is 257 g/mol. The molecular weight excluding hydrogens is 230 g/mol. The van der Waals surface area contributed by atoms with Gasteiger partial charge in [-0.3, -0.25) is 4.79 Å². The topological polar surface area (TPSA) is 72.5 Å². The van der Waals surface area contributed by atoms with Crippen LogP contribution in [0.3, 0.4) is 0 Å². The molecule has 0 bridgehead atoms. The molecule has 106 valence electrons. The van der Waals surface area contributed by atoms with Gasteiger partial charge in [0.05, 0.1) is 0 Å². The van der Waals surface area contributed by atoms with Crippen molar-refractivity contribution in [2.24, 2.45) is 17.6 Å². The van der Waals surface area contributed by atoms with Crippen molar-refractivity contribution in [3.05, 3.63) is 0 Å². The summed E-state index contributed by atoms with van der Waals surface area (Å²) in [5.74, 6) is -0.0722. The first-order valence-corrected chi connectivity index (χ1v) is 7.07. The Balaban J connectivity index is 2.17. The maximum atomic E-state index is 11.2. The van der Waals surface area contributed by atoms with Crippen molar-refractivity contribution in [1.29, 1.82) is 0 Å². The van der Waals surface area contributed by atoms with Crippen molar-refractivity contribution in [3.63, 3.8) is 0 Å². The zero-order chi connectivity index (χ0) is 13.6. The maximum Gasteiger partial charge on any atom is 0.323 e. The van der Waals surface area contributed by atoms with Crippen LogP contribution in [0.5, 0.6) is 0 Å². The van der Waals surface area contributed by atoms with Crippen molar-refractivity contribution in [2.45, 2.75) is 57.9 Å². The molecule has 0 aromatic carbocycles. The highest BCUT2D eigenvalue weighted by atomic mass is 16.5. The van der Waals surface area contributed by atoms with E-state index in [0.717, 1.165) is 32.3 Å². The lowest BCUT2D eigenvalue weighted by atomic mass is 9.86. The third kappa shape index (κ3) is 4.25. The SMILES string of the molecule is CC(C)CCCOCCC1CCCC1(N)C(=O)O. The lowest BCUT2D eigenvalue weighted by Crippen LogP contribution is -2.51. The number of aliphatic carboxylic acids is 1. The van der Waals surface area contributed by atoms with Crippen LogP contribution in [-0.4, -0.2) is 29.8 Å². The largest absolute Gasteiger partial charge is 0.480 e. The number of nitrogens with two attached hydrogens (primary N) is 1. The van der Waals surface area contributed by atoms with Crippen LogP contribution in [0.4, 0.5) is 0 Å². The molecule has 1 rings (SSSR count). The van der Waals surface area contributed by atoms with Gasteiger partial charge in [-0.1, -0.05) is 20.3 Å². The molecule has 3 N–H and O–H groups in total. The van der Waals surface area contributed by atoms with Gasteiger partial charge in [-0.05, 0) is 43.9 Å². The second-order valence-corrected chi connectivity index (χ2v) is 5.87. The predicted molar refractivity (Wildman–Crippen MR) is 71.4 cm³/mol. The van der Waals surface area contributed by atoms with Crippen molar-refractivity contribution in [3.8, 4) is 0 Å². The predicted octanol–water partition coefficient (Wildman–Crippen LogP) is 2.41. The first-order valence-electron chi connectivity index (χ1n) is 7.07. The van der Waals surface area contributed by atoms with Crippen LogP contribution in [0.1, 0.15) is 52.4 Å². The van der Waals surface area contributed by atoms with Crippen molar-refractivity contribution in [1.82, 2.24) is 0 Å². The van der Waals surface area contributed by atoms with Crippen molar-refractivity contribution in [2.75, 3.05) is 13.2 Å². The molecule has 0 aromatic heterocycles. The fraction of sp³-hybridized carbons (Fsp3) is 0.929. The number of carboxylic acids is 1. The third-order valence-electron chi connectivity index (χ3n) is 3.95. The fourth-order valence-electron chi connectivity index (χ4n) is 2.71. The van der Waals surface area contributed by atoms with Gasteiger partial charge in [0.25, 0.3) is 0 Å². The molecule has 4 nitrogen and oxygen atoms in total. The minimum Gasteiger partial charge on any atom is -0.480 e. The molecule has 1 saturated carbocycles. The number of carbonyl (C=O) groups is 1. The van der Waals surface area contributed by atoms with Gasteiger partial charge in [-0.15, -0.1) is 0 Å². The second kappa shape index (κ2) is 7.10. The van der Waals surface area contributed by atoms with E-state index >= 15 is 0 Å². The lowest BCUT2D eigenvalue weighted by Gasteiger charge is -2.26. The van der Waals surface area contributed by atoms with Gasteiger partial charge in [0.2, 0.25) is 0 Å². The highest BCUT2D eigenvalue weighted by molar-refractivity contribution is 5.79. The smallest absolute Gasteiger partial charge is 0.323 e. The third-order valence-corrected chi connectivity index (χ3v) is 3.95. The fourth-order valence-corrected chi connectivity index (χ4v) is 2.71. The summed E-state index contributed by atoms with van der Waals surface area (Å²) in [7, 11) is 0. The standard InChI is InChI=1S/C14H27NO3/c1-11(2)5-4-9-18-10-7-12-6-3-8-14(12,15)13(16)17/h11-12H,3-10,15H2,1-2H3,(H,16,17). The Kier molecular flexibility index (Phi) is 6.09. The van der Waals surface area contributed by atoms with E-state index < -0.39 is 11.5 Å². The van der Waals surface area contributed by atoms with E-state index in [9.17, 15) is 9.90 Å². The van der Waals surface area contributed by atoms with Crippen molar-refractivity contribution < 1.29 is 14.6 Å². The number of rotatable bonds is 8. The molecule has 0 spiro atoms. The highest BCUT2D eigenvalue weighted by Crippen LogP contribution is 2.36. The minimum atomic E-state index is -1.01. The van der Waals surface area contributed by atoms with Gasteiger partial charge in [-0.25, -0.2) is 0 Å². The first-order chi connectivity index (χ1) is 8.47. The zero-order valence-corrected chi connectivity index (χ0v) is 11.7. The maximum absolute atomic E-state index is 11.2. The summed E-state index contributed by atoms with van der Waals surface area (Å²) < 4.78 is 5.57. The zero-order valence-electron chi connectivity index (χ0n) is 11.7. The molecule has 18 heavy (non-hydrogen) atoms. The first kappa shape index (κ1) is 15.4. The average molecular weight is 257 g/mol. The molecule has 1 aliphatic rings. The van der Waals surface area contributed by atoms with E-state index in [1.165, 1.54) is 6.42 Å². The van der Waals surface area contributed by atoms with E-state index in [-0.39, 0.29) is 5.92 Å². The highest BCUT2D eigenvalue weighted by Gasteiger charge is 2.45. The van der Waals surface area contributed by atoms with Crippen LogP contribution < -0.4 is 5.73 Å². The van der Waals surface area contributed by atoms with Gasteiger partial charge in [0.15, 0.2) is 0 Å². The van der Waals surface area contributed by atoms with E-state index in [1.807, 2.05) is 0 Å². The summed E-state index contributed by atoms with van der Waals surface area (Å²) in [4.78, 5) is 11.2. The van der Waals surface area contributed by atoms with Gasteiger partial charge in [0.1, 0.15) is 5.54 Å². The molecule has 0 aliphatic heterocycles. The molecule has 0 saturated heterocycles. The minimum absolute atomic E-state index is 0.0695. The quantitative estimate of drug-likeness (QED) is 0.655. The number of hydrogen-bond acceptors (Lipinski definition) is 3. The molecule has 0 heterocycles. The van der Waals surface area contributed by atoms with E-state index in [1.54, 1.807) is 0 Å². The van der Waals surface area contributed by atoms with Gasteiger partial charge >= 0.3 is 5.97 Å². The van der Waals surface area contributed by atoms with Crippen LogP contribution in [-0.2, 0) is 9.53 Å². The van der Waals surface area contributed by atoms with Gasteiger partial charge < -0.3 is 15.6 Å². The molecular formula is C14H27NO3. The molecule has 0 radical (unpaired) electrons. The normalized spacial score (nSPS) is 27.9. The molecule has 2 unspecified atom stereocenters. The van der Waals surface area contributed by atoms with Crippen LogP contribution in [0, 0.1) is 11.8 Å². The average Bonchev–Trinajstić information content (AvgIpc) is 2.66. The Bertz CT molecular complexity index is 268. The van der Waals surface area contributed by atoms with Crippen LogP contribution in [0.2, 0.25) is 0 Å². The van der Waals surface area contributed by atoms with Crippen molar-refractivity contribution >= 4 is 5.97 Å². The Labute approximate surface area is 110 Å². The summed E-state index contributed by atoms with van der Waals surface area (Å²) in [5, 5.41) is 9.18. The summed E-state index contributed by atoms with van der Waals surface area (Å²) in [6.45, 7) is 5.81. The number of ether oxygens (including phenoxy) is 1. The molecule has 1 fully saturated rings. The Morgan fingerprint density at radius 2 is 2.22 bits per heavy atom. The lowest BCUT2D eigenvalue weighted by molar-refractivity contribution is -0.145. The summed E-state index contributed by atoms with van der Waals surface area (Å²) in [5.41, 5.74) is 4.96. The molecule has 0 amide bonds. The van der Waals surface area contributed by atoms with Crippen LogP contribution in [0.15, 0.2) is 0 Å². The molecule has 0 aromatic rings. The van der Waals surface area contributed by atoms with Crippen LogP contribution in [0.25, 0.3) is 0 Å². The van der Waals surface area contributed by atoms with Gasteiger partial charge in [-0.2, -0.15) is 0 Å². The Hall–Kier alpha value is -0.610. The molecule has 2 atom stereocenters. The molecule has 1 aliphatic carbocycles. The summed E-state index contributed by atoms with van der Waals surface area (Å²) >= 11 is 0. The molecule has 4 heteroatoms. The number of hydrogen-bond donors (Lipinski definition) is 2. The van der Waals surface area contributed by atoms with Gasteiger partial charge in [0, 0.05) is 13.2 Å². The Morgan fingerprint density at radius 1 is 1.50 bits per heavy atom. The Morgan fingerprint density at radius 3 is 2.83 bits per heavy atom. The van der Waals surface area contributed by atoms with Crippen LogP contribution >= 0.6 is 0 Å². The van der Waals surface area contributed by atoms with E-state index in [0.29, 0.717) is 18.9 Å². The number of carboxylic acid groups (broad SMARTS) is 1.